The lowest BCUT2D eigenvalue weighted by molar-refractivity contribution is 0.564. The van der Waals surface area contributed by atoms with Gasteiger partial charge < -0.3 is 5.32 Å². The Morgan fingerprint density at radius 2 is 1.95 bits per heavy atom. The van der Waals surface area contributed by atoms with E-state index in [0.717, 1.165) is 27.6 Å². The quantitative estimate of drug-likeness (QED) is 0.784. The lowest BCUT2D eigenvalue weighted by Gasteiger charge is -2.19. The van der Waals surface area contributed by atoms with E-state index in [9.17, 15) is 0 Å². The molecular weight excluding hydrogens is 346 g/mol. The van der Waals surface area contributed by atoms with Gasteiger partial charge in [0.1, 0.15) is 11.6 Å². The van der Waals surface area contributed by atoms with Crippen LogP contribution in [0.3, 0.4) is 0 Å². The summed E-state index contributed by atoms with van der Waals surface area (Å²) in [5.74, 6) is 2.49. The zero-order valence-corrected chi connectivity index (χ0v) is 15.2. The van der Waals surface area contributed by atoms with Crippen LogP contribution in [0.15, 0.2) is 39.7 Å². The van der Waals surface area contributed by atoms with Gasteiger partial charge in [0.2, 0.25) is 0 Å². The molecule has 0 aliphatic heterocycles. The van der Waals surface area contributed by atoms with Gasteiger partial charge >= 0.3 is 0 Å². The fraction of sp³-hybridized carbons (Fsp3) is 0.375. The Morgan fingerprint density at radius 3 is 2.57 bits per heavy atom. The van der Waals surface area contributed by atoms with Gasteiger partial charge in [-0.3, -0.25) is 0 Å². The average molecular weight is 366 g/mol. The third-order valence-electron chi connectivity index (χ3n) is 2.96. The summed E-state index contributed by atoms with van der Waals surface area (Å²) < 4.78 is 1.09. The van der Waals surface area contributed by atoms with Crippen LogP contribution in [0.25, 0.3) is 0 Å². The second-order valence-corrected chi connectivity index (χ2v) is 7.77. The number of rotatable bonds is 4. The maximum absolute atomic E-state index is 4.71. The van der Waals surface area contributed by atoms with Gasteiger partial charge in [-0.1, -0.05) is 42.8 Å². The van der Waals surface area contributed by atoms with Crippen LogP contribution in [-0.4, -0.2) is 17.0 Å². The zero-order valence-electron chi connectivity index (χ0n) is 12.8. The molecule has 1 N–H and O–H groups in total. The molecule has 1 heterocycles. The summed E-state index contributed by atoms with van der Waals surface area (Å²) in [5.41, 5.74) is 1.08. The Kier molecular flexibility index (Phi) is 5.27. The van der Waals surface area contributed by atoms with Crippen LogP contribution in [0.2, 0.25) is 0 Å². The van der Waals surface area contributed by atoms with Crippen LogP contribution in [0.5, 0.6) is 0 Å². The van der Waals surface area contributed by atoms with Crippen LogP contribution >= 0.6 is 27.7 Å². The van der Waals surface area contributed by atoms with Gasteiger partial charge in [0.15, 0.2) is 0 Å². The highest BCUT2D eigenvalue weighted by atomic mass is 79.9. The Hall–Kier alpha value is -1.07. The molecule has 2 aromatic rings. The SMILES string of the molecule is CNc1cc(C(C)(C)C)nc(CSc2cccc(Br)c2)n1. The fourth-order valence-electron chi connectivity index (χ4n) is 1.78. The van der Waals surface area contributed by atoms with E-state index < -0.39 is 0 Å². The predicted molar refractivity (Wildman–Crippen MR) is 94.0 cm³/mol. The van der Waals surface area contributed by atoms with Crippen LogP contribution < -0.4 is 5.32 Å². The lowest BCUT2D eigenvalue weighted by atomic mass is 9.92. The molecule has 0 aliphatic rings. The summed E-state index contributed by atoms with van der Waals surface area (Å²) in [4.78, 5) is 10.5. The first-order valence-corrected chi connectivity index (χ1v) is 8.61. The number of hydrogen-bond acceptors (Lipinski definition) is 4. The Bertz CT molecular complexity index is 623. The monoisotopic (exact) mass is 365 g/mol. The first-order chi connectivity index (χ1) is 9.88. The van der Waals surface area contributed by atoms with E-state index in [1.807, 2.05) is 25.2 Å². The molecule has 1 aromatic carbocycles. The number of aromatic nitrogens is 2. The second kappa shape index (κ2) is 6.79. The Balaban J connectivity index is 2.19. The molecule has 0 aliphatic carbocycles. The van der Waals surface area contributed by atoms with Crippen LogP contribution in [0.1, 0.15) is 32.3 Å². The van der Waals surface area contributed by atoms with E-state index in [2.05, 4.69) is 59.1 Å². The smallest absolute Gasteiger partial charge is 0.141 e. The molecule has 0 atom stereocenters. The number of thioether (sulfide) groups is 1. The maximum Gasteiger partial charge on any atom is 0.141 e. The molecular formula is C16H20BrN3S. The summed E-state index contributed by atoms with van der Waals surface area (Å²) in [6.07, 6.45) is 0. The van der Waals surface area contributed by atoms with E-state index in [0.29, 0.717) is 0 Å². The van der Waals surface area contributed by atoms with Crippen molar-refractivity contribution in [1.29, 1.82) is 0 Å². The molecule has 0 amide bonds. The van der Waals surface area contributed by atoms with Crippen molar-refractivity contribution in [2.24, 2.45) is 0 Å². The number of benzene rings is 1. The highest BCUT2D eigenvalue weighted by Crippen LogP contribution is 2.27. The number of nitrogens with zero attached hydrogens (tertiary/aromatic N) is 2. The highest BCUT2D eigenvalue weighted by molar-refractivity contribution is 9.10. The molecule has 0 fully saturated rings. The predicted octanol–water partition coefficient (Wildman–Crippen LogP) is 4.87. The summed E-state index contributed by atoms with van der Waals surface area (Å²) in [6, 6.07) is 10.3. The largest absolute Gasteiger partial charge is 0.373 e. The zero-order chi connectivity index (χ0) is 15.5. The van der Waals surface area contributed by atoms with E-state index in [-0.39, 0.29) is 5.41 Å². The molecule has 3 nitrogen and oxygen atoms in total. The molecule has 0 bridgehead atoms. The minimum atomic E-state index is 0.0176. The van der Waals surface area contributed by atoms with E-state index in [1.165, 1.54) is 4.90 Å². The molecule has 0 spiro atoms. The summed E-state index contributed by atoms with van der Waals surface area (Å²) in [6.45, 7) is 6.50. The molecule has 0 unspecified atom stereocenters. The molecule has 2 rings (SSSR count). The standard InChI is InChI=1S/C16H20BrN3S/c1-16(2,3)13-9-14(18-4)20-15(19-13)10-21-12-7-5-6-11(17)8-12/h5-9H,10H2,1-4H3,(H,18,19,20). The van der Waals surface area contributed by atoms with Crippen molar-refractivity contribution >= 4 is 33.5 Å². The van der Waals surface area contributed by atoms with E-state index >= 15 is 0 Å². The topological polar surface area (TPSA) is 37.8 Å². The summed E-state index contributed by atoms with van der Waals surface area (Å²) in [5, 5.41) is 3.12. The van der Waals surface area contributed by atoms with Crippen molar-refractivity contribution < 1.29 is 0 Å². The molecule has 0 saturated heterocycles. The average Bonchev–Trinajstić information content (AvgIpc) is 2.44. The van der Waals surface area contributed by atoms with Crippen molar-refractivity contribution in [2.75, 3.05) is 12.4 Å². The fourth-order valence-corrected chi connectivity index (χ4v) is 3.14. The Labute approximate surface area is 139 Å². The van der Waals surface area contributed by atoms with Crippen molar-refractivity contribution in [2.45, 2.75) is 36.8 Å². The minimum Gasteiger partial charge on any atom is -0.373 e. The molecule has 5 heteroatoms. The molecule has 21 heavy (non-hydrogen) atoms. The molecule has 0 saturated carbocycles. The van der Waals surface area contributed by atoms with Gasteiger partial charge in [0.05, 0.1) is 11.4 Å². The summed E-state index contributed by atoms with van der Waals surface area (Å²) in [7, 11) is 1.89. The normalized spacial score (nSPS) is 11.5. The van der Waals surface area contributed by atoms with Crippen LogP contribution in [0.4, 0.5) is 5.82 Å². The first kappa shape index (κ1) is 16.3. The third-order valence-corrected chi connectivity index (χ3v) is 4.44. The van der Waals surface area contributed by atoms with Crippen LogP contribution in [-0.2, 0) is 11.2 Å². The van der Waals surface area contributed by atoms with Crippen molar-refractivity contribution in [3.63, 3.8) is 0 Å². The Morgan fingerprint density at radius 1 is 1.19 bits per heavy atom. The van der Waals surface area contributed by atoms with Crippen molar-refractivity contribution in [3.8, 4) is 0 Å². The van der Waals surface area contributed by atoms with Gasteiger partial charge in [0.25, 0.3) is 0 Å². The van der Waals surface area contributed by atoms with Crippen molar-refractivity contribution in [3.05, 3.63) is 46.3 Å². The van der Waals surface area contributed by atoms with Gasteiger partial charge in [-0.25, -0.2) is 9.97 Å². The lowest BCUT2D eigenvalue weighted by Crippen LogP contribution is -2.16. The molecule has 1 aromatic heterocycles. The first-order valence-electron chi connectivity index (χ1n) is 6.83. The van der Waals surface area contributed by atoms with Crippen molar-refractivity contribution in [1.82, 2.24) is 9.97 Å². The van der Waals surface area contributed by atoms with Crippen LogP contribution in [0, 0.1) is 0 Å². The van der Waals surface area contributed by atoms with Gasteiger partial charge in [-0.2, -0.15) is 0 Å². The third kappa shape index (κ3) is 4.71. The van der Waals surface area contributed by atoms with E-state index in [1.54, 1.807) is 11.8 Å². The molecule has 0 radical (unpaired) electrons. The number of hydrogen-bond donors (Lipinski definition) is 1. The molecule has 112 valence electrons. The number of anilines is 1. The second-order valence-electron chi connectivity index (χ2n) is 5.80. The maximum atomic E-state index is 4.71. The van der Waals surface area contributed by atoms with Gasteiger partial charge in [-0.05, 0) is 18.2 Å². The van der Waals surface area contributed by atoms with Gasteiger partial charge in [0, 0.05) is 27.9 Å². The minimum absolute atomic E-state index is 0.0176. The number of halogens is 1. The van der Waals surface area contributed by atoms with Gasteiger partial charge in [-0.15, -0.1) is 11.8 Å². The summed E-state index contributed by atoms with van der Waals surface area (Å²) >= 11 is 5.24. The highest BCUT2D eigenvalue weighted by Gasteiger charge is 2.17. The van der Waals surface area contributed by atoms with E-state index in [4.69, 9.17) is 4.98 Å². The number of nitrogens with one attached hydrogen (secondary N) is 1.